The number of methoxy groups -OCH3 is 1. The van der Waals surface area contributed by atoms with E-state index in [9.17, 15) is 14.7 Å². The van der Waals surface area contributed by atoms with E-state index >= 15 is 0 Å². The fourth-order valence-electron chi connectivity index (χ4n) is 3.99. The van der Waals surface area contributed by atoms with E-state index in [1.165, 1.54) is 18.4 Å². The molecule has 1 aliphatic heterocycles. The Labute approximate surface area is 185 Å². The largest absolute Gasteiger partial charge is 0.478 e. The van der Waals surface area contributed by atoms with E-state index < -0.39 is 18.0 Å². The average molecular weight is 447 g/mol. The van der Waals surface area contributed by atoms with Crippen molar-refractivity contribution in [3.05, 3.63) is 70.2 Å². The lowest BCUT2D eigenvalue weighted by atomic mass is 9.93. The number of benzene rings is 2. The number of carboxylic acids is 1. The van der Waals surface area contributed by atoms with Gasteiger partial charge >= 0.3 is 11.9 Å². The van der Waals surface area contributed by atoms with Gasteiger partial charge in [-0.1, -0.05) is 35.4 Å². The molecule has 0 saturated heterocycles. The maximum absolute atomic E-state index is 12.8. The number of hydrogen-bond acceptors (Lipinski definition) is 8. The zero-order valence-electron chi connectivity index (χ0n) is 17.1. The SMILES string of the molecule is COC(=O)C1=C(C)Nc2nnnn2C1c1sc2ccccc2c1-c1cccc(C(=O)O)c1. The third kappa shape index (κ3) is 3.04. The number of carboxylic acid groups (broad SMARTS) is 1. The van der Waals surface area contributed by atoms with Gasteiger partial charge in [-0.25, -0.2) is 9.59 Å². The summed E-state index contributed by atoms with van der Waals surface area (Å²) in [5.74, 6) is -1.10. The molecular formula is C22H17N5O4S. The number of carbonyl (C=O) groups excluding carboxylic acids is 1. The number of esters is 1. The first-order valence-corrected chi connectivity index (χ1v) is 10.5. The first-order valence-electron chi connectivity index (χ1n) is 9.68. The quantitative estimate of drug-likeness (QED) is 0.455. The van der Waals surface area contributed by atoms with Gasteiger partial charge in [-0.3, -0.25) is 0 Å². The van der Waals surface area contributed by atoms with Crippen LogP contribution in [0.4, 0.5) is 5.95 Å². The number of carbonyl (C=O) groups is 2. The number of ether oxygens (including phenoxy) is 1. The third-order valence-corrected chi connectivity index (χ3v) is 6.61. The predicted molar refractivity (Wildman–Crippen MR) is 119 cm³/mol. The van der Waals surface area contributed by atoms with Gasteiger partial charge in [0.15, 0.2) is 0 Å². The number of anilines is 1. The minimum Gasteiger partial charge on any atom is -0.478 e. The number of nitrogens with one attached hydrogen (secondary N) is 1. The number of nitrogens with zero attached hydrogens (tertiary/aromatic N) is 4. The van der Waals surface area contributed by atoms with Gasteiger partial charge < -0.3 is 15.2 Å². The molecule has 4 aromatic rings. The topological polar surface area (TPSA) is 119 Å². The summed E-state index contributed by atoms with van der Waals surface area (Å²) in [7, 11) is 1.33. The lowest BCUT2D eigenvalue weighted by Crippen LogP contribution is -2.29. The summed E-state index contributed by atoms with van der Waals surface area (Å²) in [5, 5.41) is 25.5. The lowest BCUT2D eigenvalue weighted by molar-refractivity contribution is -0.136. The van der Waals surface area contributed by atoms with Gasteiger partial charge in [-0.15, -0.1) is 11.3 Å². The van der Waals surface area contributed by atoms with Crippen LogP contribution in [0.15, 0.2) is 59.8 Å². The fraction of sp³-hybridized carbons (Fsp3) is 0.136. The molecule has 32 heavy (non-hydrogen) atoms. The summed E-state index contributed by atoms with van der Waals surface area (Å²) in [4.78, 5) is 25.3. The smallest absolute Gasteiger partial charge is 0.338 e. The number of allylic oxidation sites excluding steroid dienone is 1. The van der Waals surface area contributed by atoms with Crippen molar-refractivity contribution in [3.63, 3.8) is 0 Å². The van der Waals surface area contributed by atoms with Crippen LogP contribution in [0.1, 0.15) is 28.2 Å². The zero-order chi connectivity index (χ0) is 22.4. The number of thiophene rings is 1. The first kappa shape index (κ1) is 19.9. The molecule has 3 heterocycles. The van der Waals surface area contributed by atoms with Crippen molar-refractivity contribution in [2.75, 3.05) is 12.4 Å². The van der Waals surface area contributed by atoms with Crippen LogP contribution in [0, 0.1) is 0 Å². The molecule has 10 heteroatoms. The van der Waals surface area contributed by atoms with Gasteiger partial charge in [0.25, 0.3) is 0 Å². The van der Waals surface area contributed by atoms with Crippen molar-refractivity contribution < 1.29 is 19.4 Å². The van der Waals surface area contributed by atoms with E-state index in [1.54, 1.807) is 29.8 Å². The molecular weight excluding hydrogens is 430 g/mol. The standard InChI is InChI=1S/C22H17N5O4S/c1-11-16(21(30)31-2)18(27-22(23-11)24-25-26-27)19-17(14-8-3-4-9-15(14)32-19)12-6-5-7-13(10-12)20(28)29/h3-10,18H,1-2H3,(H,28,29)(H,23,24,26). The normalized spacial score (nSPS) is 15.4. The molecule has 2 aromatic heterocycles. The molecule has 0 radical (unpaired) electrons. The second kappa shape index (κ2) is 7.57. The number of hydrogen-bond donors (Lipinski definition) is 2. The van der Waals surface area contributed by atoms with Gasteiger partial charge in [-0.05, 0) is 41.1 Å². The van der Waals surface area contributed by atoms with Crippen molar-refractivity contribution in [2.24, 2.45) is 0 Å². The van der Waals surface area contributed by atoms with Crippen molar-refractivity contribution in [2.45, 2.75) is 13.0 Å². The number of rotatable bonds is 4. The molecule has 0 spiro atoms. The number of aromatic carboxylic acids is 1. The fourth-order valence-corrected chi connectivity index (χ4v) is 5.31. The Morgan fingerprint density at radius 3 is 2.78 bits per heavy atom. The van der Waals surface area contributed by atoms with Crippen LogP contribution in [0.2, 0.25) is 0 Å². The predicted octanol–water partition coefficient (Wildman–Crippen LogP) is 3.71. The molecule has 0 aliphatic carbocycles. The minimum atomic E-state index is -1.01. The summed E-state index contributed by atoms with van der Waals surface area (Å²) in [6.45, 7) is 1.77. The molecule has 160 valence electrons. The van der Waals surface area contributed by atoms with Crippen LogP contribution in [0.25, 0.3) is 21.2 Å². The monoisotopic (exact) mass is 447 g/mol. The molecule has 9 nitrogen and oxygen atoms in total. The molecule has 0 amide bonds. The Morgan fingerprint density at radius 1 is 1.19 bits per heavy atom. The lowest BCUT2D eigenvalue weighted by Gasteiger charge is -2.27. The molecule has 0 saturated carbocycles. The Hall–Kier alpha value is -4.05. The highest BCUT2D eigenvalue weighted by Crippen LogP contribution is 2.47. The zero-order valence-corrected chi connectivity index (χ0v) is 17.9. The van der Waals surface area contributed by atoms with Gasteiger partial charge in [0.1, 0.15) is 6.04 Å². The van der Waals surface area contributed by atoms with Crippen molar-refractivity contribution >= 4 is 39.3 Å². The van der Waals surface area contributed by atoms with E-state index in [1.807, 2.05) is 30.3 Å². The van der Waals surface area contributed by atoms with Crippen molar-refractivity contribution in [3.8, 4) is 11.1 Å². The highest BCUT2D eigenvalue weighted by molar-refractivity contribution is 7.19. The van der Waals surface area contributed by atoms with Crippen molar-refractivity contribution in [1.29, 1.82) is 0 Å². The third-order valence-electron chi connectivity index (χ3n) is 5.39. The van der Waals surface area contributed by atoms with E-state index in [4.69, 9.17) is 4.74 Å². The number of aromatic nitrogens is 4. The summed E-state index contributed by atoms with van der Waals surface area (Å²) >= 11 is 1.51. The second-order valence-electron chi connectivity index (χ2n) is 7.23. The summed E-state index contributed by atoms with van der Waals surface area (Å²) < 4.78 is 7.63. The molecule has 1 aliphatic rings. The Morgan fingerprint density at radius 2 is 2.00 bits per heavy atom. The van der Waals surface area contributed by atoms with E-state index in [0.29, 0.717) is 17.2 Å². The van der Waals surface area contributed by atoms with Crippen LogP contribution in [0.5, 0.6) is 0 Å². The average Bonchev–Trinajstić information content (AvgIpc) is 3.42. The Kier molecular flexibility index (Phi) is 4.71. The number of tetrazole rings is 1. The summed E-state index contributed by atoms with van der Waals surface area (Å²) in [6.07, 6.45) is 0. The van der Waals surface area contributed by atoms with Gasteiger partial charge in [-0.2, -0.15) is 4.68 Å². The van der Waals surface area contributed by atoms with Crippen LogP contribution in [0.3, 0.4) is 0 Å². The minimum absolute atomic E-state index is 0.178. The van der Waals surface area contributed by atoms with E-state index in [2.05, 4.69) is 20.8 Å². The molecule has 5 rings (SSSR count). The molecule has 0 fully saturated rings. The van der Waals surface area contributed by atoms with Crippen LogP contribution in [-0.2, 0) is 9.53 Å². The number of fused-ring (bicyclic) bond motifs is 2. The first-order chi connectivity index (χ1) is 15.5. The molecule has 1 atom stereocenters. The highest BCUT2D eigenvalue weighted by atomic mass is 32.1. The summed E-state index contributed by atoms with van der Waals surface area (Å²) in [6, 6.07) is 13.9. The Bertz CT molecular complexity index is 1420. The maximum atomic E-state index is 12.8. The maximum Gasteiger partial charge on any atom is 0.338 e. The molecule has 0 bridgehead atoms. The molecule has 1 unspecified atom stereocenters. The van der Waals surface area contributed by atoms with Crippen LogP contribution >= 0.6 is 11.3 Å². The molecule has 2 N–H and O–H groups in total. The van der Waals surface area contributed by atoms with Crippen LogP contribution in [-0.4, -0.2) is 44.4 Å². The van der Waals surface area contributed by atoms with Crippen molar-refractivity contribution in [1.82, 2.24) is 20.2 Å². The van der Waals surface area contributed by atoms with Gasteiger partial charge in [0.05, 0.1) is 18.2 Å². The molecule has 2 aromatic carbocycles. The van der Waals surface area contributed by atoms with Crippen LogP contribution < -0.4 is 5.32 Å². The second-order valence-corrected chi connectivity index (χ2v) is 8.31. The van der Waals surface area contributed by atoms with E-state index in [0.717, 1.165) is 26.1 Å². The Balaban J connectivity index is 1.84. The van der Waals surface area contributed by atoms with Gasteiger partial charge in [0, 0.05) is 26.2 Å². The highest BCUT2D eigenvalue weighted by Gasteiger charge is 2.37. The van der Waals surface area contributed by atoms with E-state index in [-0.39, 0.29) is 5.56 Å². The van der Waals surface area contributed by atoms with Gasteiger partial charge in [0.2, 0.25) is 5.95 Å². The summed E-state index contributed by atoms with van der Waals surface area (Å²) in [5.41, 5.74) is 2.71.